The molecule has 0 unspecified atom stereocenters. The monoisotopic (exact) mass is 437 g/mol. The molecular weight excluding hydrogens is 418 g/mol. The molecule has 0 saturated carbocycles. The molecule has 0 N–H and O–H groups in total. The predicted octanol–water partition coefficient (Wildman–Crippen LogP) is 3.84. The number of carbonyl (C=O) groups is 2. The van der Waals surface area contributed by atoms with Crippen molar-refractivity contribution in [1.82, 2.24) is 14.4 Å². The number of piperazine rings is 1. The third-order valence-corrected chi connectivity index (χ3v) is 5.67. The second kappa shape index (κ2) is 8.02. The van der Waals surface area contributed by atoms with Crippen molar-refractivity contribution >= 4 is 27.7 Å². The van der Waals surface area contributed by atoms with E-state index in [1.807, 2.05) is 82.5 Å². The Bertz CT molecular complexity index is 975. The summed E-state index contributed by atoms with van der Waals surface area (Å²) < 4.78 is 2.79. The van der Waals surface area contributed by atoms with Crippen LogP contribution in [0, 0.1) is 0 Å². The van der Waals surface area contributed by atoms with Gasteiger partial charge in [0.2, 0.25) is 0 Å². The number of hydrogen-bond donors (Lipinski definition) is 0. The van der Waals surface area contributed by atoms with Crippen molar-refractivity contribution < 1.29 is 9.59 Å². The highest BCUT2D eigenvalue weighted by atomic mass is 79.9. The quantitative estimate of drug-likeness (QED) is 0.624. The van der Waals surface area contributed by atoms with Crippen molar-refractivity contribution in [1.29, 1.82) is 0 Å². The van der Waals surface area contributed by atoms with Gasteiger partial charge in [0.1, 0.15) is 0 Å². The molecule has 1 fully saturated rings. The number of amides is 2. The van der Waals surface area contributed by atoms with E-state index < -0.39 is 0 Å². The van der Waals surface area contributed by atoms with Crippen LogP contribution in [0.2, 0.25) is 0 Å². The van der Waals surface area contributed by atoms with Gasteiger partial charge in [-0.2, -0.15) is 0 Å². The maximum Gasteiger partial charge on any atom is 0.255 e. The average Bonchev–Trinajstić information content (AvgIpc) is 3.28. The van der Waals surface area contributed by atoms with Crippen LogP contribution in [0.25, 0.3) is 5.69 Å². The molecule has 2 heterocycles. The highest BCUT2D eigenvalue weighted by Gasteiger charge is 2.26. The van der Waals surface area contributed by atoms with Gasteiger partial charge in [0.25, 0.3) is 11.8 Å². The topological polar surface area (TPSA) is 45.6 Å². The molecule has 1 aromatic heterocycles. The van der Waals surface area contributed by atoms with Crippen molar-refractivity contribution in [2.24, 2.45) is 0 Å². The lowest BCUT2D eigenvalue weighted by molar-refractivity contribution is 0.0535. The lowest BCUT2D eigenvalue weighted by Crippen LogP contribution is -2.50. The zero-order valence-corrected chi connectivity index (χ0v) is 16.9. The van der Waals surface area contributed by atoms with Gasteiger partial charge >= 0.3 is 0 Å². The Hall–Kier alpha value is -2.86. The number of aromatic nitrogens is 1. The molecule has 2 aromatic carbocycles. The van der Waals surface area contributed by atoms with E-state index in [-0.39, 0.29) is 11.8 Å². The summed E-state index contributed by atoms with van der Waals surface area (Å²) in [7, 11) is 0. The number of carbonyl (C=O) groups excluding carboxylic acids is 2. The van der Waals surface area contributed by atoms with E-state index in [0.29, 0.717) is 37.3 Å². The van der Waals surface area contributed by atoms with Crippen LogP contribution in [0.15, 0.2) is 77.5 Å². The Kier molecular flexibility index (Phi) is 5.30. The van der Waals surface area contributed by atoms with Crippen LogP contribution < -0.4 is 0 Å². The second-order valence-electron chi connectivity index (χ2n) is 6.70. The minimum atomic E-state index is -0.00403. The zero-order valence-electron chi connectivity index (χ0n) is 15.3. The van der Waals surface area contributed by atoms with Crippen molar-refractivity contribution in [2.75, 3.05) is 26.2 Å². The number of hydrogen-bond acceptors (Lipinski definition) is 2. The average molecular weight is 438 g/mol. The summed E-state index contributed by atoms with van der Waals surface area (Å²) in [6.07, 6.45) is 3.94. The smallest absolute Gasteiger partial charge is 0.255 e. The summed E-state index contributed by atoms with van der Waals surface area (Å²) in [5.74, 6) is 0.00250. The SMILES string of the molecule is O=C(c1ccc(-n2cccc2)cc1)N1CCN(C(=O)c2ccccc2Br)CC1. The van der Waals surface area contributed by atoms with Crippen molar-refractivity contribution in [3.8, 4) is 5.69 Å². The Morgan fingerprint density at radius 2 is 1.29 bits per heavy atom. The molecule has 0 aliphatic carbocycles. The maximum atomic E-state index is 12.8. The molecule has 5 nitrogen and oxygen atoms in total. The summed E-state index contributed by atoms with van der Waals surface area (Å²) in [6.45, 7) is 2.14. The van der Waals surface area contributed by atoms with Crippen LogP contribution in [-0.4, -0.2) is 52.4 Å². The van der Waals surface area contributed by atoms with Gasteiger partial charge in [-0.1, -0.05) is 12.1 Å². The van der Waals surface area contributed by atoms with Gasteiger partial charge in [0, 0.05) is 54.3 Å². The summed E-state index contributed by atoms with van der Waals surface area (Å²) >= 11 is 3.44. The molecule has 1 aliphatic rings. The molecule has 0 spiro atoms. The molecule has 28 heavy (non-hydrogen) atoms. The lowest BCUT2D eigenvalue weighted by Gasteiger charge is -2.35. The maximum absolute atomic E-state index is 12.8. The summed E-state index contributed by atoms with van der Waals surface area (Å²) in [6, 6.07) is 19.0. The normalized spacial score (nSPS) is 14.2. The number of nitrogens with zero attached hydrogens (tertiary/aromatic N) is 3. The highest BCUT2D eigenvalue weighted by Crippen LogP contribution is 2.19. The van der Waals surface area contributed by atoms with Crippen LogP contribution >= 0.6 is 15.9 Å². The molecule has 142 valence electrons. The van der Waals surface area contributed by atoms with Gasteiger partial charge in [-0.3, -0.25) is 9.59 Å². The second-order valence-corrected chi connectivity index (χ2v) is 7.56. The standard InChI is InChI=1S/C22H20BrN3O2/c23-20-6-2-1-5-19(20)22(28)26-15-13-25(14-16-26)21(27)17-7-9-18(10-8-17)24-11-3-4-12-24/h1-12H,13-16H2. The Morgan fingerprint density at radius 1 is 0.714 bits per heavy atom. The summed E-state index contributed by atoms with van der Waals surface area (Å²) in [5.41, 5.74) is 2.34. The van der Waals surface area contributed by atoms with Gasteiger partial charge in [0.15, 0.2) is 0 Å². The van der Waals surface area contributed by atoms with E-state index in [9.17, 15) is 9.59 Å². The first kappa shape index (κ1) is 18.5. The number of halogens is 1. The van der Waals surface area contributed by atoms with Crippen LogP contribution in [0.1, 0.15) is 20.7 Å². The third kappa shape index (κ3) is 3.73. The fraction of sp³-hybridized carbons (Fsp3) is 0.182. The number of rotatable bonds is 3. The Balaban J connectivity index is 1.39. The van der Waals surface area contributed by atoms with Crippen molar-refractivity contribution in [2.45, 2.75) is 0 Å². The first-order valence-electron chi connectivity index (χ1n) is 9.20. The van der Waals surface area contributed by atoms with E-state index in [1.54, 1.807) is 4.90 Å². The zero-order chi connectivity index (χ0) is 19.5. The van der Waals surface area contributed by atoms with Gasteiger partial charge in [-0.25, -0.2) is 0 Å². The predicted molar refractivity (Wildman–Crippen MR) is 112 cm³/mol. The molecule has 1 saturated heterocycles. The molecule has 1 aliphatic heterocycles. The number of benzene rings is 2. The van der Waals surface area contributed by atoms with E-state index in [0.717, 1.165) is 10.2 Å². The summed E-state index contributed by atoms with van der Waals surface area (Å²) in [4.78, 5) is 29.1. The highest BCUT2D eigenvalue weighted by molar-refractivity contribution is 9.10. The van der Waals surface area contributed by atoms with Crippen molar-refractivity contribution in [3.63, 3.8) is 0 Å². The first-order chi connectivity index (χ1) is 13.6. The fourth-order valence-corrected chi connectivity index (χ4v) is 3.84. The van der Waals surface area contributed by atoms with Gasteiger partial charge in [-0.05, 0) is 64.5 Å². The van der Waals surface area contributed by atoms with Gasteiger partial charge in [-0.15, -0.1) is 0 Å². The first-order valence-corrected chi connectivity index (χ1v) is 9.99. The molecular formula is C22H20BrN3O2. The molecule has 0 radical (unpaired) electrons. The largest absolute Gasteiger partial charge is 0.335 e. The van der Waals surface area contributed by atoms with Crippen molar-refractivity contribution in [3.05, 3.63) is 88.7 Å². The van der Waals surface area contributed by atoms with Crippen LogP contribution in [-0.2, 0) is 0 Å². The minimum Gasteiger partial charge on any atom is -0.335 e. The van der Waals surface area contributed by atoms with E-state index >= 15 is 0 Å². The van der Waals surface area contributed by atoms with E-state index in [1.165, 1.54) is 0 Å². The molecule has 0 bridgehead atoms. The van der Waals surface area contributed by atoms with Crippen LogP contribution in [0.5, 0.6) is 0 Å². The van der Waals surface area contributed by atoms with E-state index in [2.05, 4.69) is 15.9 Å². The van der Waals surface area contributed by atoms with Gasteiger partial charge in [0.05, 0.1) is 5.56 Å². The molecule has 4 rings (SSSR count). The molecule has 0 atom stereocenters. The minimum absolute atomic E-state index is 0.00403. The lowest BCUT2D eigenvalue weighted by atomic mass is 10.1. The van der Waals surface area contributed by atoms with Crippen LogP contribution in [0.3, 0.4) is 0 Å². The van der Waals surface area contributed by atoms with Gasteiger partial charge < -0.3 is 14.4 Å². The molecule has 6 heteroatoms. The molecule has 3 aromatic rings. The van der Waals surface area contributed by atoms with E-state index in [4.69, 9.17) is 0 Å². The summed E-state index contributed by atoms with van der Waals surface area (Å²) in [5, 5.41) is 0. The molecule has 2 amide bonds. The van der Waals surface area contributed by atoms with Crippen LogP contribution in [0.4, 0.5) is 0 Å². The Labute approximate surface area is 172 Å². The third-order valence-electron chi connectivity index (χ3n) is 4.98. The fourth-order valence-electron chi connectivity index (χ4n) is 3.38. The Morgan fingerprint density at radius 3 is 1.89 bits per heavy atom.